The molecule has 96 valence electrons. The topological polar surface area (TPSA) is 41.1 Å². The van der Waals surface area contributed by atoms with Crippen LogP contribution in [0.3, 0.4) is 0 Å². The minimum Gasteiger partial charge on any atom is -0.353 e. The van der Waals surface area contributed by atoms with E-state index in [4.69, 9.17) is 0 Å². The third-order valence-electron chi connectivity index (χ3n) is 2.81. The molecule has 0 aliphatic heterocycles. The molecule has 3 nitrogen and oxygen atoms in total. The molecule has 0 radical (unpaired) electrons. The second kappa shape index (κ2) is 8.57. The van der Waals surface area contributed by atoms with Gasteiger partial charge in [-0.1, -0.05) is 20.8 Å². The summed E-state index contributed by atoms with van der Waals surface area (Å²) in [7, 11) is 0. The largest absolute Gasteiger partial charge is 0.353 e. The first-order valence-electron chi connectivity index (χ1n) is 6.48. The van der Waals surface area contributed by atoms with Gasteiger partial charge in [-0.25, -0.2) is 0 Å². The van der Waals surface area contributed by atoms with Gasteiger partial charge in [0, 0.05) is 12.1 Å². The molecule has 0 saturated carbocycles. The van der Waals surface area contributed by atoms with Crippen LogP contribution >= 0.6 is 0 Å². The molecule has 0 heterocycles. The summed E-state index contributed by atoms with van der Waals surface area (Å²) < 4.78 is 0. The van der Waals surface area contributed by atoms with E-state index in [2.05, 4.69) is 45.3 Å². The van der Waals surface area contributed by atoms with E-state index >= 15 is 0 Å². The molecule has 0 fully saturated rings. The highest BCUT2D eigenvalue weighted by Gasteiger charge is 2.08. The average Bonchev–Trinajstić information content (AvgIpc) is 2.23. The van der Waals surface area contributed by atoms with Crippen molar-refractivity contribution >= 4 is 5.91 Å². The third kappa shape index (κ3) is 8.72. The Bertz CT molecular complexity index is 192. The van der Waals surface area contributed by atoms with Gasteiger partial charge in [-0.3, -0.25) is 4.79 Å². The lowest BCUT2D eigenvalue weighted by Crippen LogP contribution is -2.41. The summed E-state index contributed by atoms with van der Waals surface area (Å²) >= 11 is 0. The highest BCUT2D eigenvalue weighted by atomic mass is 16.1. The van der Waals surface area contributed by atoms with E-state index in [9.17, 15) is 4.79 Å². The van der Waals surface area contributed by atoms with E-state index in [0.29, 0.717) is 18.5 Å². The Hall–Kier alpha value is -0.570. The van der Waals surface area contributed by atoms with Crippen molar-refractivity contribution < 1.29 is 4.79 Å². The fourth-order valence-electron chi connectivity index (χ4n) is 1.39. The third-order valence-corrected chi connectivity index (χ3v) is 2.81. The summed E-state index contributed by atoms with van der Waals surface area (Å²) in [5.74, 6) is 0.814. The number of amides is 1. The van der Waals surface area contributed by atoms with Crippen LogP contribution in [0.5, 0.6) is 0 Å². The molecule has 0 rings (SSSR count). The number of rotatable bonds is 8. The number of carbonyl (C=O) groups excluding carboxylic acids is 1. The van der Waals surface area contributed by atoms with Crippen LogP contribution in [0.2, 0.25) is 0 Å². The molecule has 0 bridgehead atoms. The van der Waals surface area contributed by atoms with Crippen molar-refractivity contribution in [3.63, 3.8) is 0 Å². The van der Waals surface area contributed by atoms with Gasteiger partial charge >= 0.3 is 0 Å². The predicted molar refractivity (Wildman–Crippen MR) is 69.4 cm³/mol. The number of hydrogen-bond acceptors (Lipinski definition) is 2. The lowest BCUT2D eigenvalue weighted by molar-refractivity contribution is -0.121. The molecular formula is C13H28N2O. The van der Waals surface area contributed by atoms with E-state index in [1.165, 1.54) is 6.42 Å². The molecule has 0 aliphatic rings. The summed E-state index contributed by atoms with van der Waals surface area (Å²) in [6.45, 7) is 11.1. The zero-order chi connectivity index (χ0) is 12.6. The molecule has 3 heteroatoms. The molecule has 2 atom stereocenters. The maximum atomic E-state index is 11.5. The highest BCUT2D eigenvalue weighted by molar-refractivity contribution is 5.78. The summed E-state index contributed by atoms with van der Waals surface area (Å²) in [5, 5.41) is 6.20. The summed E-state index contributed by atoms with van der Waals surface area (Å²) in [5.41, 5.74) is 0. The Morgan fingerprint density at radius 2 is 1.69 bits per heavy atom. The Labute approximate surface area is 100 Å². The van der Waals surface area contributed by atoms with Gasteiger partial charge in [0.2, 0.25) is 5.91 Å². The van der Waals surface area contributed by atoms with E-state index < -0.39 is 0 Å². The Morgan fingerprint density at radius 1 is 1.06 bits per heavy atom. The first kappa shape index (κ1) is 15.4. The maximum absolute atomic E-state index is 11.5. The van der Waals surface area contributed by atoms with Gasteiger partial charge in [-0.05, 0) is 39.0 Å². The zero-order valence-electron chi connectivity index (χ0n) is 11.5. The Morgan fingerprint density at radius 3 is 2.19 bits per heavy atom. The molecule has 2 unspecified atom stereocenters. The fourth-order valence-corrected chi connectivity index (χ4v) is 1.39. The van der Waals surface area contributed by atoms with Crippen molar-refractivity contribution in [2.75, 3.05) is 6.54 Å². The predicted octanol–water partition coefficient (Wildman–Crippen LogP) is 2.32. The zero-order valence-corrected chi connectivity index (χ0v) is 11.5. The van der Waals surface area contributed by atoms with Gasteiger partial charge in [-0.2, -0.15) is 0 Å². The minimum absolute atomic E-state index is 0.108. The summed E-state index contributed by atoms with van der Waals surface area (Å²) in [6, 6.07) is 0.699. The van der Waals surface area contributed by atoms with Crippen LogP contribution < -0.4 is 10.6 Å². The van der Waals surface area contributed by atoms with Crippen LogP contribution in [-0.4, -0.2) is 24.5 Å². The van der Waals surface area contributed by atoms with Crippen LogP contribution in [0.15, 0.2) is 0 Å². The quantitative estimate of drug-likeness (QED) is 0.669. The van der Waals surface area contributed by atoms with Crippen LogP contribution in [0.4, 0.5) is 0 Å². The lowest BCUT2D eigenvalue weighted by Gasteiger charge is -2.16. The van der Waals surface area contributed by atoms with Crippen molar-refractivity contribution in [1.82, 2.24) is 10.6 Å². The van der Waals surface area contributed by atoms with Gasteiger partial charge in [0.25, 0.3) is 0 Å². The van der Waals surface area contributed by atoms with Gasteiger partial charge < -0.3 is 10.6 Å². The number of hydrogen-bond donors (Lipinski definition) is 2. The van der Waals surface area contributed by atoms with Gasteiger partial charge in [-0.15, -0.1) is 0 Å². The summed E-state index contributed by atoms with van der Waals surface area (Å²) in [6.07, 6.45) is 3.28. The van der Waals surface area contributed by atoms with Crippen molar-refractivity contribution in [1.29, 1.82) is 0 Å². The van der Waals surface area contributed by atoms with Gasteiger partial charge in [0.15, 0.2) is 0 Å². The lowest BCUT2D eigenvalue weighted by atomic mass is 10.0. The Balaban J connectivity index is 3.62. The maximum Gasteiger partial charge on any atom is 0.234 e. The highest BCUT2D eigenvalue weighted by Crippen LogP contribution is 2.06. The molecule has 0 aromatic carbocycles. The van der Waals surface area contributed by atoms with Crippen LogP contribution in [0.25, 0.3) is 0 Å². The number of carbonyl (C=O) groups is 1. The normalized spacial score (nSPS) is 14.9. The van der Waals surface area contributed by atoms with Gasteiger partial charge in [0.05, 0.1) is 6.54 Å². The first-order valence-corrected chi connectivity index (χ1v) is 6.48. The van der Waals surface area contributed by atoms with E-state index in [1.807, 2.05) is 0 Å². The van der Waals surface area contributed by atoms with E-state index in [-0.39, 0.29) is 11.9 Å². The van der Waals surface area contributed by atoms with Crippen molar-refractivity contribution in [3.05, 3.63) is 0 Å². The van der Waals surface area contributed by atoms with E-state index in [0.717, 1.165) is 12.8 Å². The number of nitrogens with one attached hydrogen (secondary N) is 2. The van der Waals surface area contributed by atoms with Crippen LogP contribution in [-0.2, 0) is 4.79 Å². The molecule has 1 amide bonds. The molecule has 16 heavy (non-hydrogen) atoms. The smallest absolute Gasteiger partial charge is 0.234 e. The monoisotopic (exact) mass is 228 g/mol. The molecule has 0 aliphatic carbocycles. The molecule has 2 N–H and O–H groups in total. The molecule has 0 spiro atoms. The van der Waals surface area contributed by atoms with Crippen LogP contribution in [0, 0.1) is 5.92 Å². The van der Waals surface area contributed by atoms with Crippen molar-refractivity contribution in [3.8, 4) is 0 Å². The fraction of sp³-hybridized carbons (Fsp3) is 0.923. The molecular weight excluding hydrogens is 200 g/mol. The standard InChI is InChI=1S/C13H28N2O/c1-6-11(4)14-9-13(16)15-12(5)8-7-10(2)3/h10-12,14H,6-9H2,1-5H3,(H,15,16). The molecule has 0 aromatic heterocycles. The molecule has 0 saturated heterocycles. The second-order valence-corrected chi connectivity index (χ2v) is 5.13. The van der Waals surface area contributed by atoms with E-state index in [1.54, 1.807) is 0 Å². The SMILES string of the molecule is CCC(C)NCC(=O)NC(C)CCC(C)C. The van der Waals surface area contributed by atoms with Gasteiger partial charge in [0.1, 0.15) is 0 Å². The molecule has 0 aromatic rings. The van der Waals surface area contributed by atoms with Crippen molar-refractivity contribution in [2.24, 2.45) is 5.92 Å². The Kier molecular flexibility index (Phi) is 8.26. The van der Waals surface area contributed by atoms with Crippen molar-refractivity contribution in [2.45, 2.75) is 66.0 Å². The van der Waals surface area contributed by atoms with Crippen LogP contribution in [0.1, 0.15) is 53.9 Å². The second-order valence-electron chi connectivity index (χ2n) is 5.13. The summed E-state index contributed by atoms with van der Waals surface area (Å²) in [4.78, 5) is 11.5. The first-order chi connectivity index (χ1) is 7.45. The minimum atomic E-state index is 0.108. The average molecular weight is 228 g/mol.